The second-order valence-electron chi connectivity index (χ2n) is 17.5. The van der Waals surface area contributed by atoms with E-state index in [1.54, 1.807) is 0 Å². The van der Waals surface area contributed by atoms with Crippen molar-refractivity contribution in [3.05, 3.63) is 174 Å². The average Bonchev–Trinajstić information content (AvgIpc) is 3.46. The minimum Gasteiger partial charge on any atom is -0.310 e. The third-order valence-electron chi connectivity index (χ3n) is 13.9. The molecule has 0 radical (unpaired) electrons. The summed E-state index contributed by atoms with van der Waals surface area (Å²) in [5.74, 6) is 0. The van der Waals surface area contributed by atoms with Crippen LogP contribution in [-0.4, -0.2) is 0 Å². The number of anilines is 3. The summed E-state index contributed by atoms with van der Waals surface area (Å²) in [6, 6.07) is 56.6. The lowest BCUT2D eigenvalue weighted by Gasteiger charge is -2.45. The zero-order chi connectivity index (χ0) is 36.9. The molecule has 0 unspecified atom stereocenters. The normalized spacial score (nSPS) is 16.9. The summed E-state index contributed by atoms with van der Waals surface area (Å²) in [6.45, 7) is 19.5. The first-order chi connectivity index (χ1) is 25.3. The Hall–Kier alpha value is -5.40. The second kappa shape index (κ2) is 11.5. The highest BCUT2D eigenvalue weighted by Crippen LogP contribution is 2.65. The van der Waals surface area contributed by atoms with Crippen molar-refractivity contribution in [2.24, 2.45) is 5.41 Å². The van der Waals surface area contributed by atoms with Crippen molar-refractivity contribution in [2.45, 2.75) is 71.6 Å². The van der Waals surface area contributed by atoms with Gasteiger partial charge in [0.05, 0.1) is 5.69 Å². The number of benzene rings is 7. The number of hydrogen-bond acceptors (Lipinski definition) is 1. The van der Waals surface area contributed by atoms with Crippen LogP contribution in [0.4, 0.5) is 17.1 Å². The molecule has 0 bridgehead atoms. The van der Waals surface area contributed by atoms with Gasteiger partial charge in [0.15, 0.2) is 0 Å². The van der Waals surface area contributed by atoms with Gasteiger partial charge in [-0.1, -0.05) is 177 Å². The molecule has 0 saturated carbocycles. The van der Waals surface area contributed by atoms with E-state index in [0.717, 1.165) is 11.4 Å². The Morgan fingerprint density at radius 2 is 0.925 bits per heavy atom. The van der Waals surface area contributed by atoms with Gasteiger partial charge in [-0.25, -0.2) is 0 Å². The average molecular weight is 688 g/mol. The molecule has 0 N–H and O–H groups in total. The van der Waals surface area contributed by atoms with Crippen molar-refractivity contribution in [1.82, 2.24) is 0 Å². The quantitative estimate of drug-likeness (QED) is 0.174. The first-order valence-electron chi connectivity index (χ1n) is 19.2. The summed E-state index contributed by atoms with van der Waals surface area (Å²) in [4.78, 5) is 2.54. The van der Waals surface area contributed by atoms with E-state index in [1.807, 2.05) is 0 Å². The predicted octanol–water partition coefficient (Wildman–Crippen LogP) is 14.5. The monoisotopic (exact) mass is 687 g/mol. The Kier molecular flexibility index (Phi) is 7.29. The summed E-state index contributed by atoms with van der Waals surface area (Å²) in [6.07, 6.45) is 0. The van der Waals surface area contributed by atoms with Crippen LogP contribution in [0, 0.1) is 5.41 Å². The molecular weight excluding hydrogens is 639 g/mol. The molecule has 0 aromatic heterocycles. The summed E-state index contributed by atoms with van der Waals surface area (Å²) in [7, 11) is 0. The molecule has 0 atom stereocenters. The van der Waals surface area contributed by atoms with E-state index in [2.05, 4.69) is 212 Å². The molecule has 262 valence electrons. The molecule has 0 amide bonds. The molecular formula is C52H49N. The Balaban J connectivity index is 1.23. The van der Waals surface area contributed by atoms with E-state index < -0.39 is 0 Å². The maximum Gasteiger partial charge on any atom is 0.0580 e. The summed E-state index contributed by atoms with van der Waals surface area (Å²) in [5, 5.41) is 2.57. The molecule has 53 heavy (non-hydrogen) atoms. The highest BCUT2D eigenvalue weighted by Gasteiger charge is 2.58. The van der Waals surface area contributed by atoms with Crippen molar-refractivity contribution >= 4 is 27.8 Å². The third-order valence-corrected chi connectivity index (χ3v) is 13.9. The van der Waals surface area contributed by atoms with Crippen LogP contribution in [0.1, 0.15) is 77.6 Å². The van der Waals surface area contributed by atoms with Gasteiger partial charge in [0.1, 0.15) is 0 Å². The molecule has 2 aliphatic rings. The van der Waals surface area contributed by atoms with Crippen LogP contribution in [0.3, 0.4) is 0 Å². The van der Waals surface area contributed by atoms with Crippen LogP contribution >= 0.6 is 0 Å². The van der Waals surface area contributed by atoms with Gasteiger partial charge in [-0.2, -0.15) is 0 Å². The fourth-order valence-corrected chi connectivity index (χ4v) is 9.64. The number of rotatable bonds is 5. The van der Waals surface area contributed by atoms with Gasteiger partial charge in [0.25, 0.3) is 0 Å². The number of fused-ring (bicyclic) bond motifs is 5. The van der Waals surface area contributed by atoms with Crippen molar-refractivity contribution in [3.63, 3.8) is 0 Å². The zero-order valence-electron chi connectivity index (χ0n) is 32.4. The van der Waals surface area contributed by atoms with E-state index in [4.69, 9.17) is 0 Å². The van der Waals surface area contributed by atoms with Gasteiger partial charge in [0.2, 0.25) is 0 Å². The van der Waals surface area contributed by atoms with Gasteiger partial charge < -0.3 is 4.90 Å². The van der Waals surface area contributed by atoms with Crippen molar-refractivity contribution in [3.8, 4) is 33.4 Å². The van der Waals surface area contributed by atoms with E-state index in [0.29, 0.717) is 0 Å². The Morgan fingerprint density at radius 1 is 0.396 bits per heavy atom. The van der Waals surface area contributed by atoms with E-state index in [9.17, 15) is 0 Å². The topological polar surface area (TPSA) is 3.24 Å². The molecule has 0 aliphatic heterocycles. The van der Waals surface area contributed by atoms with E-state index in [-0.39, 0.29) is 21.7 Å². The summed E-state index contributed by atoms with van der Waals surface area (Å²) in [5.41, 5.74) is 16.8. The Labute approximate surface area is 316 Å². The lowest BCUT2D eigenvalue weighted by atomic mass is 9.59. The third kappa shape index (κ3) is 4.76. The SMILES string of the molecule is CC1(C)c2ccccc2-c2ccc(-c3ccc(N(c4ccc(-c5ccccc5)cc4)c4c5c(cc6ccccc46)C(C)(C)C(C)(C)C5(C)C)cc3)cc21. The van der Waals surface area contributed by atoms with Crippen LogP contribution < -0.4 is 4.90 Å². The first kappa shape index (κ1) is 33.4. The van der Waals surface area contributed by atoms with Gasteiger partial charge in [-0.05, 0) is 108 Å². The zero-order valence-corrected chi connectivity index (χ0v) is 32.4. The molecule has 9 rings (SSSR count). The lowest BCUT2D eigenvalue weighted by Crippen LogP contribution is -2.42. The van der Waals surface area contributed by atoms with Crippen LogP contribution in [0.15, 0.2) is 152 Å². The van der Waals surface area contributed by atoms with Gasteiger partial charge in [0, 0.05) is 22.2 Å². The fourth-order valence-electron chi connectivity index (χ4n) is 9.64. The molecule has 0 saturated heterocycles. The van der Waals surface area contributed by atoms with Gasteiger partial charge in [-0.15, -0.1) is 0 Å². The van der Waals surface area contributed by atoms with E-state index in [1.165, 1.54) is 72.1 Å². The first-order valence-corrected chi connectivity index (χ1v) is 19.2. The number of nitrogens with zero attached hydrogens (tertiary/aromatic N) is 1. The molecule has 7 aromatic rings. The summed E-state index contributed by atoms with van der Waals surface area (Å²) < 4.78 is 0. The van der Waals surface area contributed by atoms with Crippen LogP contribution in [-0.2, 0) is 16.2 Å². The maximum absolute atomic E-state index is 2.54. The smallest absolute Gasteiger partial charge is 0.0580 e. The standard InChI is InChI=1S/C52H49N/c1-49(2)44-21-15-14-20-42(44)43-31-26-37(32-45(43)49)36-24-29-40(30-25-36)53(39-27-22-35(23-28-39)34-16-10-9-11-17-34)48-41-19-13-12-18-38(41)33-46-47(48)51(5,6)52(7,8)50(46,3)4/h9-33H,1-8H3. The van der Waals surface area contributed by atoms with Crippen molar-refractivity contribution in [1.29, 1.82) is 0 Å². The minimum absolute atomic E-state index is 0.0160. The minimum atomic E-state index is -0.0951. The molecule has 2 aliphatic carbocycles. The highest BCUT2D eigenvalue weighted by atomic mass is 15.1. The molecule has 0 heterocycles. The molecule has 0 fully saturated rings. The maximum atomic E-state index is 2.54. The fraction of sp³-hybridized carbons (Fsp3) is 0.231. The predicted molar refractivity (Wildman–Crippen MR) is 227 cm³/mol. The second-order valence-corrected chi connectivity index (χ2v) is 17.5. The van der Waals surface area contributed by atoms with Crippen molar-refractivity contribution < 1.29 is 0 Å². The largest absolute Gasteiger partial charge is 0.310 e. The summed E-state index contributed by atoms with van der Waals surface area (Å²) >= 11 is 0. The van der Waals surface area contributed by atoms with Crippen LogP contribution in [0.2, 0.25) is 0 Å². The lowest BCUT2D eigenvalue weighted by molar-refractivity contribution is 0.125. The molecule has 1 nitrogen and oxygen atoms in total. The highest BCUT2D eigenvalue weighted by molar-refractivity contribution is 6.03. The number of hydrogen-bond donors (Lipinski definition) is 0. The Morgan fingerprint density at radius 3 is 1.60 bits per heavy atom. The molecule has 0 spiro atoms. The Bertz CT molecular complexity index is 2530. The molecule has 7 aromatic carbocycles. The van der Waals surface area contributed by atoms with Crippen LogP contribution in [0.25, 0.3) is 44.2 Å². The van der Waals surface area contributed by atoms with Gasteiger partial charge in [-0.3, -0.25) is 0 Å². The van der Waals surface area contributed by atoms with Crippen molar-refractivity contribution in [2.75, 3.05) is 4.90 Å². The van der Waals surface area contributed by atoms with E-state index >= 15 is 0 Å². The van der Waals surface area contributed by atoms with Gasteiger partial charge >= 0.3 is 0 Å². The molecule has 1 heteroatoms. The van der Waals surface area contributed by atoms with Crippen LogP contribution in [0.5, 0.6) is 0 Å².